The first-order chi connectivity index (χ1) is 14.7. The quantitative estimate of drug-likeness (QED) is 0.594. The summed E-state index contributed by atoms with van der Waals surface area (Å²) in [5, 5.41) is 4.88. The van der Waals surface area contributed by atoms with Crippen molar-refractivity contribution in [2.45, 2.75) is 19.9 Å². The summed E-state index contributed by atoms with van der Waals surface area (Å²) in [6.07, 6.45) is 2.77. The number of carbonyl (C=O) groups is 2. The van der Waals surface area contributed by atoms with Crippen LogP contribution in [0, 0.1) is 17.6 Å². The third-order valence-electron chi connectivity index (χ3n) is 4.26. The van der Waals surface area contributed by atoms with Crippen LogP contribution in [-0.2, 0) is 9.59 Å². The maximum atomic E-state index is 13.6. The maximum Gasteiger partial charge on any atom is 0.246 e. The van der Waals surface area contributed by atoms with Crippen molar-refractivity contribution in [3.63, 3.8) is 0 Å². The van der Waals surface area contributed by atoms with Gasteiger partial charge in [-0.15, -0.1) is 0 Å². The summed E-state index contributed by atoms with van der Waals surface area (Å²) in [5.74, 6) is -1.83. The van der Waals surface area contributed by atoms with Gasteiger partial charge in [0.05, 0.1) is 13.7 Å². The predicted octanol–water partition coefficient (Wildman–Crippen LogP) is 3.62. The summed E-state index contributed by atoms with van der Waals surface area (Å²) in [6.45, 7) is 4.61. The summed E-state index contributed by atoms with van der Waals surface area (Å²) >= 11 is 0. The molecule has 0 radical (unpaired) electrons. The van der Waals surface area contributed by atoms with E-state index in [4.69, 9.17) is 9.47 Å². The lowest BCUT2D eigenvalue weighted by molar-refractivity contribution is -0.126. The summed E-state index contributed by atoms with van der Waals surface area (Å²) < 4.78 is 37.8. The highest BCUT2D eigenvalue weighted by Gasteiger charge is 2.22. The molecule has 0 heterocycles. The van der Waals surface area contributed by atoms with Crippen molar-refractivity contribution in [1.82, 2.24) is 10.6 Å². The number of amides is 2. The molecule has 31 heavy (non-hydrogen) atoms. The molecule has 2 rings (SSSR count). The van der Waals surface area contributed by atoms with E-state index >= 15 is 0 Å². The molecule has 1 unspecified atom stereocenters. The number of hydrogen-bond acceptors (Lipinski definition) is 4. The van der Waals surface area contributed by atoms with Crippen LogP contribution in [0.4, 0.5) is 8.78 Å². The monoisotopic (exact) mass is 432 g/mol. The van der Waals surface area contributed by atoms with Gasteiger partial charge in [-0.05, 0) is 47.4 Å². The first kappa shape index (κ1) is 23.9. The molecule has 0 bridgehead atoms. The van der Waals surface area contributed by atoms with Gasteiger partial charge in [0.1, 0.15) is 6.04 Å². The lowest BCUT2D eigenvalue weighted by atomic mass is 10.1. The molecule has 1 atom stereocenters. The minimum atomic E-state index is -1.18. The van der Waals surface area contributed by atoms with E-state index < -0.39 is 29.5 Å². The topological polar surface area (TPSA) is 76.7 Å². The second-order valence-corrected chi connectivity index (χ2v) is 7.18. The molecular formula is C23H26F2N2O4. The zero-order valence-corrected chi connectivity index (χ0v) is 17.9. The van der Waals surface area contributed by atoms with E-state index in [1.165, 1.54) is 32.4 Å². The second-order valence-electron chi connectivity index (χ2n) is 7.18. The third-order valence-corrected chi connectivity index (χ3v) is 4.26. The van der Waals surface area contributed by atoms with Crippen LogP contribution in [0.15, 0.2) is 42.5 Å². The van der Waals surface area contributed by atoms with Crippen LogP contribution < -0.4 is 20.1 Å². The van der Waals surface area contributed by atoms with Gasteiger partial charge in [-0.25, -0.2) is 8.78 Å². The minimum Gasteiger partial charge on any atom is -0.493 e. The molecular weight excluding hydrogens is 406 g/mol. The molecule has 0 aliphatic rings. The van der Waals surface area contributed by atoms with Crippen molar-refractivity contribution in [3.8, 4) is 11.5 Å². The Morgan fingerprint density at radius 2 is 1.81 bits per heavy atom. The smallest absolute Gasteiger partial charge is 0.246 e. The van der Waals surface area contributed by atoms with Crippen LogP contribution in [0.1, 0.15) is 31.0 Å². The van der Waals surface area contributed by atoms with Gasteiger partial charge in [0.2, 0.25) is 11.8 Å². The van der Waals surface area contributed by atoms with Gasteiger partial charge in [-0.1, -0.05) is 26.0 Å². The molecule has 0 aromatic heterocycles. The number of nitrogens with one attached hydrogen (secondary N) is 2. The highest BCUT2D eigenvalue weighted by atomic mass is 19.2. The highest BCUT2D eigenvalue weighted by Crippen LogP contribution is 2.29. The molecule has 8 heteroatoms. The largest absolute Gasteiger partial charge is 0.493 e. The second kappa shape index (κ2) is 11.1. The van der Waals surface area contributed by atoms with Gasteiger partial charge in [-0.2, -0.15) is 0 Å². The lowest BCUT2D eigenvalue weighted by Gasteiger charge is -2.17. The molecule has 2 aromatic rings. The van der Waals surface area contributed by atoms with Crippen molar-refractivity contribution in [3.05, 3.63) is 65.2 Å². The Hall–Kier alpha value is -3.42. The number of carbonyl (C=O) groups excluding carboxylic acids is 2. The molecule has 0 saturated carbocycles. The average Bonchev–Trinajstić information content (AvgIpc) is 2.76. The number of rotatable bonds is 9. The molecule has 2 amide bonds. The average molecular weight is 432 g/mol. The lowest BCUT2D eigenvalue weighted by Crippen LogP contribution is -2.38. The zero-order chi connectivity index (χ0) is 23.0. The SMILES string of the molecule is CNC(=O)C(NC(=O)/C=C/c1ccc(OCC(C)C)c(OC)c1)c1ccc(F)c(F)c1. The van der Waals surface area contributed by atoms with E-state index in [-0.39, 0.29) is 5.56 Å². The summed E-state index contributed by atoms with van der Waals surface area (Å²) in [4.78, 5) is 24.5. The van der Waals surface area contributed by atoms with Crippen molar-refractivity contribution >= 4 is 17.9 Å². The molecule has 2 aromatic carbocycles. The van der Waals surface area contributed by atoms with Gasteiger partial charge in [0, 0.05) is 13.1 Å². The van der Waals surface area contributed by atoms with Crippen LogP contribution in [-0.4, -0.2) is 32.6 Å². The van der Waals surface area contributed by atoms with E-state index in [1.54, 1.807) is 18.2 Å². The molecule has 6 nitrogen and oxygen atoms in total. The Morgan fingerprint density at radius 3 is 2.42 bits per heavy atom. The molecule has 0 fully saturated rings. The van der Waals surface area contributed by atoms with Gasteiger partial charge in [0.25, 0.3) is 0 Å². The van der Waals surface area contributed by atoms with Gasteiger partial charge >= 0.3 is 0 Å². The third kappa shape index (κ3) is 6.80. The molecule has 2 N–H and O–H groups in total. The number of benzene rings is 2. The Morgan fingerprint density at radius 1 is 1.06 bits per heavy atom. The fourth-order valence-electron chi connectivity index (χ4n) is 2.66. The Balaban J connectivity index is 2.14. The van der Waals surface area contributed by atoms with E-state index in [2.05, 4.69) is 10.6 Å². The van der Waals surface area contributed by atoms with Crippen molar-refractivity contribution < 1.29 is 27.8 Å². The van der Waals surface area contributed by atoms with Crippen molar-refractivity contribution in [2.24, 2.45) is 5.92 Å². The van der Waals surface area contributed by atoms with E-state index in [0.29, 0.717) is 29.6 Å². The van der Waals surface area contributed by atoms with Crippen molar-refractivity contribution in [2.75, 3.05) is 20.8 Å². The number of methoxy groups -OCH3 is 1. The summed E-state index contributed by atoms with van der Waals surface area (Å²) in [5.41, 5.74) is 0.793. The number of ether oxygens (including phenoxy) is 2. The van der Waals surface area contributed by atoms with Crippen LogP contribution in [0.25, 0.3) is 6.08 Å². The van der Waals surface area contributed by atoms with Crippen LogP contribution in [0.2, 0.25) is 0 Å². The highest BCUT2D eigenvalue weighted by molar-refractivity contribution is 5.96. The fourth-order valence-corrected chi connectivity index (χ4v) is 2.66. The van der Waals surface area contributed by atoms with Crippen LogP contribution >= 0.6 is 0 Å². The molecule has 166 valence electrons. The zero-order valence-electron chi connectivity index (χ0n) is 17.9. The number of hydrogen-bond donors (Lipinski definition) is 2. The molecule has 0 aliphatic heterocycles. The van der Waals surface area contributed by atoms with Gasteiger partial charge in [0.15, 0.2) is 23.1 Å². The Kier molecular flexibility index (Phi) is 8.54. The maximum absolute atomic E-state index is 13.6. The van der Waals surface area contributed by atoms with Crippen LogP contribution in [0.5, 0.6) is 11.5 Å². The van der Waals surface area contributed by atoms with Crippen LogP contribution in [0.3, 0.4) is 0 Å². The molecule has 0 spiro atoms. The van der Waals surface area contributed by atoms with E-state index in [9.17, 15) is 18.4 Å². The van der Waals surface area contributed by atoms with Gasteiger partial charge < -0.3 is 20.1 Å². The van der Waals surface area contributed by atoms with E-state index in [1.807, 2.05) is 13.8 Å². The van der Waals surface area contributed by atoms with Crippen molar-refractivity contribution in [1.29, 1.82) is 0 Å². The first-order valence-electron chi connectivity index (χ1n) is 9.71. The van der Waals surface area contributed by atoms with Gasteiger partial charge in [-0.3, -0.25) is 9.59 Å². The molecule has 0 saturated heterocycles. The number of likely N-dealkylation sites (N-methyl/N-ethyl adjacent to an activating group) is 1. The standard InChI is InChI=1S/C23H26F2N2O4/c1-14(2)13-31-19-9-5-15(11-20(19)30-4)6-10-21(28)27-22(23(29)26-3)16-7-8-17(24)18(25)12-16/h5-12,14,22H,13H2,1-4H3,(H,26,29)(H,27,28)/b10-6+. The minimum absolute atomic E-state index is 0.119. The normalized spacial score (nSPS) is 12.0. The predicted molar refractivity (Wildman–Crippen MR) is 114 cm³/mol. The Labute approximate surface area is 180 Å². The summed E-state index contributed by atoms with van der Waals surface area (Å²) in [6, 6.07) is 7.05. The fraction of sp³-hybridized carbons (Fsp3) is 0.304. The molecule has 0 aliphatic carbocycles. The Bertz CT molecular complexity index is 961. The summed E-state index contributed by atoms with van der Waals surface area (Å²) in [7, 11) is 2.90. The van der Waals surface area contributed by atoms with E-state index in [0.717, 1.165) is 12.1 Å². The number of halogens is 2. The first-order valence-corrected chi connectivity index (χ1v) is 9.71.